The summed E-state index contributed by atoms with van der Waals surface area (Å²) in [6, 6.07) is 0.400. The molecular weight excluding hydrogens is 216 g/mol. The quantitative estimate of drug-likeness (QED) is 0.712. The third kappa shape index (κ3) is 2.57. The Kier molecular flexibility index (Phi) is 3.62. The van der Waals surface area contributed by atoms with E-state index in [0.717, 1.165) is 17.9 Å². The SMILES string of the molecule is COCC(C)c1nn(C(C)C2CC2)cc1C=O. The molecule has 1 fully saturated rings. The van der Waals surface area contributed by atoms with Crippen molar-refractivity contribution in [2.75, 3.05) is 13.7 Å². The molecule has 2 rings (SSSR count). The molecule has 1 heterocycles. The Morgan fingerprint density at radius 2 is 2.29 bits per heavy atom. The number of carbonyl (C=O) groups is 1. The normalized spacial score (nSPS) is 19.0. The fourth-order valence-corrected chi connectivity index (χ4v) is 2.23. The molecule has 0 saturated heterocycles. The molecule has 94 valence electrons. The van der Waals surface area contributed by atoms with E-state index in [1.165, 1.54) is 12.8 Å². The maximum Gasteiger partial charge on any atom is 0.153 e. The standard InChI is InChI=1S/C13H20N2O2/c1-9(8-17-3)13-12(7-16)6-15(14-13)10(2)11-4-5-11/h6-7,9-11H,4-5,8H2,1-3H3. The second-order valence-corrected chi connectivity index (χ2v) is 5.00. The second-order valence-electron chi connectivity index (χ2n) is 5.00. The van der Waals surface area contributed by atoms with Crippen molar-refractivity contribution in [3.8, 4) is 0 Å². The summed E-state index contributed by atoms with van der Waals surface area (Å²) < 4.78 is 7.07. The molecular formula is C13H20N2O2. The van der Waals surface area contributed by atoms with Crippen molar-refractivity contribution in [1.82, 2.24) is 9.78 Å². The highest BCUT2D eigenvalue weighted by Crippen LogP contribution is 2.39. The van der Waals surface area contributed by atoms with E-state index in [2.05, 4.69) is 12.0 Å². The molecule has 4 heteroatoms. The molecule has 0 bridgehead atoms. The number of hydrogen-bond acceptors (Lipinski definition) is 3. The largest absolute Gasteiger partial charge is 0.384 e. The zero-order valence-corrected chi connectivity index (χ0v) is 10.7. The first-order valence-electron chi connectivity index (χ1n) is 6.20. The van der Waals surface area contributed by atoms with Gasteiger partial charge in [0.05, 0.1) is 23.9 Å². The number of rotatable bonds is 6. The second kappa shape index (κ2) is 5.00. The highest BCUT2D eigenvalue weighted by atomic mass is 16.5. The molecule has 1 aromatic heterocycles. The predicted octanol–water partition coefficient (Wildman–Crippen LogP) is 2.42. The number of aromatic nitrogens is 2. The van der Waals surface area contributed by atoms with Gasteiger partial charge in [-0.3, -0.25) is 9.48 Å². The molecule has 0 spiro atoms. The highest BCUT2D eigenvalue weighted by Gasteiger charge is 2.30. The van der Waals surface area contributed by atoms with Crippen molar-refractivity contribution in [2.24, 2.45) is 5.92 Å². The van der Waals surface area contributed by atoms with Crippen molar-refractivity contribution in [2.45, 2.75) is 38.6 Å². The lowest BCUT2D eigenvalue weighted by Gasteiger charge is -2.11. The topological polar surface area (TPSA) is 44.1 Å². The predicted molar refractivity (Wildman–Crippen MR) is 65.3 cm³/mol. The van der Waals surface area contributed by atoms with Crippen LogP contribution in [0.5, 0.6) is 0 Å². The van der Waals surface area contributed by atoms with Crippen LogP contribution in [0.2, 0.25) is 0 Å². The average molecular weight is 236 g/mol. The van der Waals surface area contributed by atoms with Gasteiger partial charge in [-0.05, 0) is 25.7 Å². The lowest BCUT2D eigenvalue weighted by Crippen LogP contribution is -2.10. The fourth-order valence-electron chi connectivity index (χ4n) is 2.23. The van der Waals surface area contributed by atoms with Gasteiger partial charge in [-0.2, -0.15) is 5.10 Å². The van der Waals surface area contributed by atoms with Gasteiger partial charge in [0.2, 0.25) is 0 Å². The molecule has 4 nitrogen and oxygen atoms in total. The van der Waals surface area contributed by atoms with Crippen LogP contribution >= 0.6 is 0 Å². The molecule has 1 aromatic rings. The molecule has 1 saturated carbocycles. The first-order valence-corrected chi connectivity index (χ1v) is 6.20. The number of methoxy groups -OCH3 is 1. The third-order valence-electron chi connectivity index (χ3n) is 3.52. The average Bonchev–Trinajstić information content (AvgIpc) is 3.07. The smallest absolute Gasteiger partial charge is 0.153 e. The Morgan fingerprint density at radius 1 is 1.59 bits per heavy atom. The Labute approximate surface area is 102 Å². The minimum atomic E-state index is 0.160. The molecule has 0 amide bonds. The van der Waals surface area contributed by atoms with Crippen LogP contribution in [0.3, 0.4) is 0 Å². The van der Waals surface area contributed by atoms with Crippen LogP contribution in [0, 0.1) is 5.92 Å². The summed E-state index contributed by atoms with van der Waals surface area (Å²) in [5, 5.41) is 4.57. The van der Waals surface area contributed by atoms with E-state index >= 15 is 0 Å². The number of aldehydes is 1. The first kappa shape index (κ1) is 12.3. The van der Waals surface area contributed by atoms with Gasteiger partial charge < -0.3 is 4.74 Å². The summed E-state index contributed by atoms with van der Waals surface area (Å²) in [6.45, 7) is 4.80. The van der Waals surface area contributed by atoms with Gasteiger partial charge in [0.1, 0.15) is 0 Å². The number of ether oxygens (including phenoxy) is 1. The minimum Gasteiger partial charge on any atom is -0.384 e. The Bertz CT molecular complexity index is 396. The molecule has 1 aliphatic rings. The van der Waals surface area contributed by atoms with Gasteiger partial charge in [0, 0.05) is 19.2 Å². The fraction of sp³-hybridized carbons (Fsp3) is 0.692. The van der Waals surface area contributed by atoms with Gasteiger partial charge in [-0.1, -0.05) is 6.92 Å². The summed E-state index contributed by atoms with van der Waals surface area (Å²) in [5.74, 6) is 0.896. The molecule has 1 aliphatic carbocycles. The van der Waals surface area contributed by atoms with Crippen LogP contribution in [-0.2, 0) is 4.74 Å². The van der Waals surface area contributed by atoms with E-state index in [0.29, 0.717) is 18.2 Å². The summed E-state index contributed by atoms with van der Waals surface area (Å²) in [6.07, 6.45) is 5.32. The summed E-state index contributed by atoms with van der Waals surface area (Å²) in [7, 11) is 1.67. The van der Waals surface area contributed by atoms with Crippen molar-refractivity contribution in [1.29, 1.82) is 0 Å². The van der Waals surface area contributed by atoms with Gasteiger partial charge in [0.15, 0.2) is 6.29 Å². The van der Waals surface area contributed by atoms with Crippen LogP contribution in [0.4, 0.5) is 0 Å². The lowest BCUT2D eigenvalue weighted by molar-refractivity contribution is 0.112. The zero-order valence-electron chi connectivity index (χ0n) is 10.7. The molecule has 2 atom stereocenters. The van der Waals surface area contributed by atoms with E-state index in [-0.39, 0.29) is 5.92 Å². The van der Waals surface area contributed by atoms with Crippen LogP contribution in [-0.4, -0.2) is 29.8 Å². The van der Waals surface area contributed by atoms with Crippen LogP contribution < -0.4 is 0 Å². The molecule has 0 radical (unpaired) electrons. The van der Waals surface area contributed by atoms with Crippen molar-refractivity contribution < 1.29 is 9.53 Å². The molecule has 0 N–H and O–H groups in total. The zero-order chi connectivity index (χ0) is 12.4. The van der Waals surface area contributed by atoms with Crippen molar-refractivity contribution in [3.63, 3.8) is 0 Å². The van der Waals surface area contributed by atoms with E-state index in [9.17, 15) is 4.79 Å². The summed E-state index contributed by atoms with van der Waals surface area (Å²) >= 11 is 0. The van der Waals surface area contributed by atoms with Crippen LogP contribution in [0.25, 0.3) is 0 Å². The third-order valence-corrected chi connectivity index (χ3v) is 3.52. The maximum atomic E-state index is 11.1. The van der Waals surface area contributed by atoms with Crippen LogP contribution in [0.1, 0.15) is 54.7 Å². The van der Waals surface area contributed by atoms with Crippen molar-refractivity contribution in [3.05, 3.63) is 17.5 Å². The van der Waals surface area contributed by atoms with Gasteiger partial charge >= 0.3 is 0 Å². The van der Waals surface area contributed by atoms with Crippen molar-refractivity contribution >= 4 is 6.29 Å². The maximum absolute atomic E-state index is 11.1. The lowest BCUT2D eigenvalue weighted by atomic mass is 10.1. The summed E-state index contributed by atoms with van der Waals surface area (Å²) in [4.78, 5) is 11.1. The minimum absolute atomic E-state index is 0.160. The van der Waals surface area contributed by atoms with E-state index in [1.54, 1.807) is 7.11 Å². The molecule has 2 unspecified atom stereocenters. The first-order chi connectivity index (χ1) is 8.17. The van der Waals surface area contributed by atoms with E-state index in [1.807, 2.05) is 17.8 Å². The van der Waals surface area contributed by atoms with Crippen LogP contribution in [0.15, 0.2) is 6.20 Å². The van der Waals surface area contributed by atoms with Gasteiger partial charge in [-0.15, -0.1) is 0 Å². The highest BCUT2D eigenvalue weighted by molar-refractivity contribution is 5.76. The van der Waals surface area contributed by atoms with E-state index in [4.69, 9.17) is 4.74 Å². The molecule has 17 heavy (non-hydrogen) atoms. The Hall–Kier alpha value is -1.16. The molecule has 0 aliphatic heterocycles. The number of carbonyl (C=O) groups excluding carboxylic acids is 1. The van der Waals surface area contributed by atoms with Gasteiger partial charge in [-0.25, -0.2) is 0 Å². The van der Waals surface area contributed by atoms with Gasteiger partial charge in [0.25, 0.3) is 0 Å². The number of hydrogen-bond donors (Lipinski definition) is 0. The Balaban J connectivity index is 2.21. The number of nitrogens with zero attached hydrogens (tertiary/aromatic N) is 2. The summed E-state index contributed by atoms with van der Waals surface area (Å²) in [5.41, 5.74) is 1.55. The Morgan fingerprint density at radius 3 is 2.82 bits per heavy atom. The van der Waals surface area contributed by atoms with E-state index < -0.39 is 0 Å². The monoisotopic (exact) mass is 236 g/mol. The molecule has 0 aromatic carbocycles.